The number of rotatable bonds is 4. The van der Waals surface area contributed by atoms with Crippen LogP contribution in [0.3, 0.4) is 0 Å². The summed E-state index contributed by atoms with van der Waals surface area (Å²) in [5.74, 6) is -1.39. The Bertz CT molecular complexity index is 1050. The molecule has 1 aromatic heterocycles. The molecule has 128 valence electrons. The maximum absolute atomic E-state index is 12.3. The van der Waals surface area contributed by atoms with Crippen molar-refractivity contribution in [2.24, 2.45) is 14.1 Å². The smallest absolute Gasteiger partial charge is 0.335 e. The van der Waals surface area contributed by atoms with E-state index in [9.17, 15) is 19.5 Å². The molecule has 7 nitrogen and oxygen atoms in total. The zero-order valence-corrected chi connectivity index (χ0v) is 13.8. The van der Waals surface area contributed by atoms with Crippen LogP contribution in [0.25, 0.3) is 11.0 Å². The zero-order valence-electron chi connectivity index (χ0n) is 13.8. The third-order valence-electron chi connectivity index (χ3n) is 4.15. The van der Waals surface area contributed by atoms with Crippen LogP contribution in [-0.4, -0.2) is 26.1 Å². The molecule has 0 saturated carbocycles. The number of carboxylic acid groups (broad SMARTS) is 1. The van der Waals surface area contributed by atoms with E-state index < -0.39 is 5.97 Å². The summed E-state index contributed by atoms with van der Waals surface area (Å²) in [6.07, 6.45) is -0.0474. The second-order valence-corrected chi connectivity index (χ2v) is 5.79. The molecule has 0 unspecified atom stereocenters. The molecule has 3 rings (SSSR count). The molecule has 1 heterocycles. The Morgan fingerprint density at radius 2 is 1.72 bits per heavy atom. The number of fused-ring (bicyclic) bond motifs is 1. The van der Waals surface area contributed by atoms with Crippen molar-refractivity contribution in [3.8, 4) is 0 Å². The lowest BCUT2D eigenvalue weighted by atomic mass is 10.0. The summed E-state index contributed by atoms with van der Waals surface area (Å²) in [6, 6.07) is 11.6. The number of hydrogen-bond donors (Lipinski definition) is 2. The van der Waals surface area contributed by atoms with Crippen LogP contribution < -0.4 is 11.0 Å². The van der Waals surface area contributed by atoms with Crippen molar-refractivity contribution in [3.05, 3.63) is 64.1 Å². The van der Waals surface area contributed by atoms with Crippen molar-refractivity contribution in [2.75, 3.05) is 5.32 Å². The molecule has 0 aliphatic heterocycles. The molecule has 0 aliphatic carbocycles. The van der Waals surface area contributed by atoms with Crippen molar-refractivity contribution in [2.45, 2.75) is 6.42 Å². The van der Waals surface area contributed by atoms with Gasteiger partial charge in [0, 0.05) is 19.8 Å². The van der Waals surface area contributed by atoms with Crippen molar-refractivity contribution in [1.29, 1.82) is 0 Å². The van der Waals surface area contributed by atoms with Crippen LogP contribution in [0, 0.1) is 0 Å². The van der Waals surface area contributed by atoms with E-state index in [0.717, 1.165) is 5.52 Å². The molecule has 0 aliphatic rings. The minimum absolute atomic E-state index is 0.0474. The number of nitrogens with one attached hydrogen (secondary N) is 1. The number of carbonyl (C=O) groups is 2. The summed E-state index contributed by atoms with van der Waals surface area (Å²) in [5.41, 5.74) is 2.43. The quantitative estimate of drug-likeness (QED) is 0.757. The van der Waals surface area contributed by atoms with Gasteiger partial charge in [0.15, 0.2) is 0 Å². The maximum Gasteiger partial charge on any atom is 0.335 e. The number of carbonyl (C=O) groups excluding carboxylic acids is 1. The highest BCUT2D eigenvalue weighted by Crippen LogP contribution is 2.18. The third kappa shape index (κ3) is 3.03. The largest absolute Gasteiger partial charge is 0.478 e. The summed E-state index contributed by atoms with van der Waals surface area (Å²) < 4.78 is 3.04. The molecule has 0 radical (unpaired) electrons. The van der Waals surface area contributed by atoms with E-state index in [1.165, 1.54) is 15.2 Å². The monoisotopic (exact) mass is 339 g/mol. The molecule has 7 heteroatoms. The number of aromatic carboxylic acids is 1. The Labute approximate surface area is 143 Å². The molecule has 0 saturated heterocycles. The maximum atomic E-state index is 12.3. The molecule has 25 heavy (non-hydrogen) atoms. The van der Waals surface area contributed by atoms with E-state index in [0.29, 0.717) is 16.8 Å². The molecule has 2 aromatic carbocycles. The van der Waals surface area contributed by atoms with Crippen LogP contribution >= 0.6 is 0 Å². The van der Waals surface area contributed by atoms with Crippen molar-refractivity contribution >= 4 is 28.6 Å². The van der Waals surface area contributed by atoms with Gasteiger partial charge in [0.05, 0.1) is 23.0 Å². The minimum atomic E-state index is -1.07. The predicted octanol–water partition coefficient (Wildman–Crippen LogP) is 1.76. The average Bonchev–Trinajstić information content (AvgIpc) is 2.79. The fraction of sp³-hybridized carbons (Fsp3) is 0.167. The lowest BCUT2D eigenvalue weighted by molar-refractivity contribution is -0.115. The van der Waals surface area contributed by atoms with Crippen molar-refractivity contribution < 1.29 is 14.7 Å². The van der Waals surface area contributed by atoms with E-state index in [-0.39, 0.29) is 23.6 Å². The van der Waals surface area contributed by atoms with Gasteiger partial charge in [-0.3, -0.25) is 13.9 Å². The summed E-state index contributed by atoms with van der Waals surface area (Å²) in [7, 11) is 3.35. The number of imidazole rings is 1. The van der Waals surface area contributed by atoms with E-state index in [1.54, 1.807) is 50.5 Å². The van der Waals surface area contributed by atoms with Crippen LogP contribution in [0.4, 0.5) is 5.69 Å². The van der Waals surface area contributed by atoms with Gasteiger partial charge in [-0.15, -0.1) is 0 Å². The Balaban J connectivity index is 1.84. The number of aromatic nitrogens is 2. The number of nitrogens with zero attached hydrogens (tertiary/aromatic N) is 2. The Morgan fingerprint density at radius 3 is 2.44 bits per heavy atom. The first-order valence-electron chi connectivity index (χ1n) is 7.65. The highest BCUT2D eigenvalue weighted by Gasteiger charge is 2.13. The van der Waals surface area contributed by atoms with Gasteiger partial charge in [0.1, 0.15) is 0 Å². The first-order chi connectivity index (χ1) is 11.9. The van der Waals surface area contributed by atoms with Crippen LogP contribution in [0.1, 0.15) is 15.9 Å². The van der Waals surface area contributed by atoms with Gasteiger partial charge in [-0.1, -0.05) is 18.2 Å². The molecule has 0 fully saturated rings. The summed E-state index contributed by atoms with van der Waals surface area (Å²) in [4.78, 5) is 35.4. The highest BCUT2D eigenvalue weighted by atomic mass is 16.4. The van der Waals surface area contributed by atoms with Crippen molar-refractivity contribution in [1.82, 2.24) is 9.13 Å². The lowest BCUT2D eigenvalue weighted by Gasteiger charge is -2.08. The van der Waals surface area contributed by atoms with E-state index in [2.05, 4.69) is 5.32 Å². The second kappa shape index (κ2) is 6.27. The molecule has 3 aromatic rings. The fourth-order valence-electron chi connectivity index (χ4n) is 2.85. The molecular weight excluding hydrogens is 322 g/mol. The Hall–Kier alpha value is -3.35. The van der Waals surface area contributed by atoms with E-state index in [4.69, 9.17) is 0 Å². The minimum Gasteiger partial charge on any atom is -0.478 e. The molecule has 1 amide bonds. The topological polar surface area (TPSA) is 93.3 Å². The van der Waals surface area contributed by atoms with Gasteiger partial charge in [0.25, 0.3) is 0 Å². The number of anilines is 1. The first-order valence-corrected chi connectivity index (χ1v) is 7.65. The van der Waals surface area contributed by atoms with E-state index >= 15 is 0 Å². The van der Waals surface area contributed by atoms with Gasteiger partial charge in [-0.2, -0.15) is 0 Å². The number of carboxylic acids is 1. The summed E-state index contributed by atoms with van der Waals surface area (Å²) in [6.45, 7) is 0. The van der Waals surface area contributed by atoms with Gasteiger partial charge in [-0.05, 0) is 29.8 Å². The Kier molecular flexibility index (Phi) is 4.14. The summed E-state index contributed by atoms with van der Waals surface area (Å²) in [5, 5.41) is 11.9. The number of hydrogen-bond acceptors (Lipinski definition) is 3. The standard InChI is InChI=1S/C18H17N3O4/c1-20-14-8-7-12(10-15(14)21(2)18(20)25)19-16(22)9-11-5-3-4-6-13(11)17(23)24/h3-8,10H,9H2,1-2H3,(H,19,22)(H,23,24). The van der Waals surface area contributed by atoms with Crippen LogP contribution in [0.15, 0.2) is 47.3 Å². The Morgan fingerprint density at radius 1 is 1.04 bits per heavy atom. The fourth-order valence-corrected chi connectivity index (χ4v) is 2.85. The number of benzene rings is 2. The van der Waals surface area contributed by atoms with Crippen LogP contribution in [0.5, 0.6) is 0 Å². The van der Waals surface area contributed by atoms with Gasteiger partial charge < -0.3 is 10.4 Å². The molecule has 0 spiro atoms. The van der Waals surface area contributed by atoms with E-state index in [1.807, 2.05) is 0 Å². The first kappa shape index (κ1) is 16.5. The lowest BCUT2D eigenvalue weighted by Crippen LogP contribution is -2.19. The molecule has 2 N–H and O–H groups in total. The zero-order chi connectivity index (χ0) is 18.1. The molecular formula is C18H17N3O4. The summed E-state index contributed by atoms with van der Waals surface area (Å²) >= 11 is 0. The van der Waals surface area contributed by atoms with Gasteiger partial charge >= 0.3 is 11.7 Å². The average molecular weight is 339 g/mol. The highest BCUT2D eigenvalue weighted by molar-refractivity contribution is 5.97. The van der Waals surface area contributed by atoms with Gasteiger partial charge in [0.2, 0.25) is 5.91 Å². The second-order valence-electron chi connectivity index (χ2n) is 5.79. The van der Waals surface area contributed by atoms with Gasteiger partial charge in [-0.25, -0.2) is 9.59 Å². The van der Waals surface area contributed by atoms with Crippen LogP contribution in [-0.2, 0) is 25.3 Å². The predicted molar refractivity (Wildman–Crippen MR) is 93.9 cm³/mol. The molecule has 0 bridgehead atoms. The number of aryl methyl sites for hydroxylation is 2. The number of amides is 1. The molecule has 0 atom stereocenters. The van der Waals surface area contributed by atoms with Crippen molar-refractivity contribution in [3.63, 3.8) is 0 Å². The SMILES string of the molecule is Cn1c(=O)n(C)c2cc(NC(=O)Cc3ccccc3C(=O)O)ccc21. The normalized spacial score (nSPS) is 10.8. The third-order valence-corrected chi connectivity index (χ3v) is 4.15. The van der Waals surface area contributed by atoms with Crippen LogP contribution in [0.2, 0.25) is 0 Å².